The molecule has 1 atom stereocenters. The minimum atomic E-state index is -3.93. The first-order valence-corrected chi connectivity index (χ1v) is 11.8. The maximum Gasteiger partial charge on any atom is 0.244 e. The van der Waals surface area contributed by atoms with Crippen LogP contribution < -0.4 is 5.32 Å². The highest BCUT2D eigenvalue weighted by Crippen LogP contribution is 2.23. The van der Waals surface area contributed by atoms with Gasteiger partial charge in [-0.25, -0.2) is 12.8 Å². The van der Waals surface area contributed by atoms with Crippen molar-refractivity contribution in [2.75, 3.05) is 6.54 Å². The molecule has 0 unspecified atom stereocenters. The van der Waals surface area contributed by atoms with E-state index in [1.54, 1.807) is 38.1 Å². The molecule has 5 nitrogen and oxygen atoms in total. The Kier molecular flexibility index (Phi) is 7.43. The van der Waals surface area contributed by atoms with E-state index in [1.165, 1.54) is 16.4 Å². The minimum absolute atomic E-state index is 0.0644. The summed E-state index contributed by atoms with van der Waals surface area (Å²) in [7, 11) is -3.93. The maximum absolute atomic E-state index is 13.5. The molecule has 0 saturated heterocycles. The monoisotopic (exact) mass is 454 g/mol. The van der Waals surface area contributed by atoms with Crippen molar-refractivity contribution in [2.24, 2.45) is 0 Å². The van der Waals surface area contributed by atoms with Crippen LogP contribution in [0.1, 0.15) is 35.2 Å². The summed E-state index contributed by atoms with van der Waals surface area (Å²) < 4.78 is 41.5. The van der Waals surface area contributed by atoms with Gasteiger partial charge >= 0.3 is 0 Å². The first-order valence-electron chi connectivity index (χ1n) is 10.3. The second-order valence-corrected chi connectivity index (χ2v) is 9.77. The number of carbonyl (C=O) groups is 1. The number of halogens is 1. The summed E-state index contributed by atoms with van der Waals surface area (Å²) in [5, 5.41) is 2.81. The zero-order valence-electron chi connectivity index (χ0n) is 18.4. The summed E-state index contributed by atoms with van der Waals surface area (Å²) in [5.41, 5.74) is 2.95. The van der Waals surface area contributed by atoms with Crippen LogP contribution in [0.3, 0.4) is 0 Å². The van der Waals surface area contributed by atoms with Gasteiger partial charge in [0.05, 0.1) is 17.5 Å². The first-order chi connectivity index (χ1) is 15.2. The molecule has 7 heteroatoms. The van der Waals surface area contributed by atoms with Gasteiger partial charge in [0.15, 0.2) is 0 Å². The Hall–Kier alpha value is -3.03. The van der Waals surface area contributed by atoms with E-state index in [0.717, 1.165) is 16.7 Å². The van der Waals surface area contributed by atoms with Gasteiger partial charge in [-0.2, -0.15) is 4.31 Å². The Morgan fingerprint density at radius 2 is 1.66 bits per heavy atom. The van der Waals surface area contributed by atoms with E-state index in [9.17, 15) is 17.6 Å². The highest BCUT2D eigenvalue weighted by atomic mass is 32.2. The van der Waals surface area contributed by atoms with Gasteiger partial charge in [0.25, 0.3) is 0 Å². The molecule has 0 heterocycles. The van der Waals surface area contributed by atoms with E-state index in [-0.39, 0.29) is 23.8 Å². The highest BCUT2D eigenvalue weighted by molar-refractivity contribution is 7.89. The average molecular weight is 455 g/mol. The van der Waals surface area contributed by atoms with Crippen LogP contribution in [0.25, 0.3) is 0 Å². The van der Waals surface area contributed by atoms with Crippen LogP contribution in [-0.4, -0.2) is 25.2 Å². The zero-order chi connectivity index (χ0) is 23.3. The number of benzene rings is 3. The molecule has 0 saturated carbocycles. The third-order valence-electron chi connectivity index (χ3n) is 5.23. The van der Waals surface area contributed by atoms with Gasteiger partial charge in [0.2, 0.25) is 15.9 Å². The number of amides is 1. The predicted molar refractivity (Wildman–Crippen MR) is 123 cm³/mol. The number of carbonyl (C=O) groups excluding carboxylic acids is 1. The third-order valence-corrected chi connectivity index (χ3v) is 7.16. The van der Waals surface area contributed by atoms with E-state index in [4.69, 9.17) is 0 Å². The Morgan fingerprint density at radius 3 is 2.31 bits per heavy atom. The number of nitrogens with one attached hydrogen (secondary N) is 1. The topological polar surface area (TPSA) is 66.5 Å². The van der Waals surface area contributed by atoms with E-state index < -0.39 is 22.0 Å². The SMILES string of the molecule is Cc1ccc(C)c(S(=O)(=O)N(CC(=O)N[C@@H](C)c2ccc(F)cc2)Cc2ccccc2)c1. The van der Waals surface area contributed by atoms with Crippen molar-refractivity contribution in [1.82, 2.24) is 9.62 Å². The number of aryl methyl sites for hydroxylation is 2. The largest absolute Gasteiger partial charge is 0.348 e. The van der Waals surface area contributed by atoms with Crippen molar-refractivity contribution >= 4 is 15.9 Å². The Bertz CT molecular complexity index is 1180. The number of hydrogen-bond acceptors (Lipinski definition) is 3. The van der Waals surface area contributed by atoms with Gasteiger partial charge in [-0.3, -0.25) is 4.79 Å². The van der Waals surface area contributed by atoms with Crippen molar-refractivity contribution in [3.05, 3.63) is 101 Å². The molecule has 0 aliphatic heterocycles. The standard InChI is InChI=1S/C25H27FN2O3S/c1-18-9-10-19(2)24(15-18)32(30,31)28(16-21-7-5-4-6-8-21)17-25(29)27-20(3)22-11-13-23(26)14-12-22/h4-15,20H,16-17H2,1-3H3,(H,27,29)/t20-/m0/s1. The fourth-order valence-corrected chi connectivity index (χ4v) is 5.11. The molecule has 0 fully saturated rings. The van der Waals surface area contributed by atoms with Crippen LogP contribution in [0.15, 0.2) is 77.7 Å². The van der Waals surface area contributed by atoms with Crippen molar-refractivity contribution < 1.29 is 17.6 Å². The number of nitrogens with zero attached hydrogens (tertiary/aromatic N) is 1. The van der Waals surface area contributed by atoms with Crippen LogP contribution in [0.2, 0.25) is 0 Å². The maximum atomic E-state index is 13.5. The summed E-state index contributed by atoms with van der Waals surface area (Å²) in [6.45, 7) is 5.07. The molecule has 0 aliphatic carbocycles. The number of rotatable bonds is 8. The number of hydrogen-bond donors (Lipinski definition) is 1. The van der Waals surface area contributed by atoms with Gasteiger partial charge in [0, 0.05) is 6.54 Å². The molecule has 3 aromatic rings. The second kappa shape index (κ2) is 10.1. The molecule has 32 heavy (non-hydrogen) atoms. The summed E-state index contributed by atoms with van der Waals surface area (Å²) in [6.07, 6.45) is 0. The quantitative estimate of drug-likeness (QED) is 0.545. The fraction of sp³-hybridized carbons (Fsp3) is 0.240. The predicted octanol–water partition coefficient (Wildman–Crippen LogP) is 4.51. The van der Waals surface area contributed by atoms with Crippen molar-refractivity contribution in [1.29, 1.82) is 0 Å². The lowest BCUT2D eigenvalue weighted by molar-refractivity contribution is -0.122. The van der Waals surface area contributed by atoms with Crippen LogP contribution in [0, 0.1) is 19.7 Å². The lowest BCUT2D eigenvalue weighted by Crippen LogP contribution is -2.41. The smallest absolute Gasteiger partial charge is 0.244 e. The molecule has 3 aromatic carbocycles. The average Bonchev–Trinajstić information content (AvgIpc) is 2.76. The molecule has 0 spiro atoms. The molecule has 1 amide bonds. The van der Waals surface area contributed by atoms with Crippen LogP contribution in [-0.2, 0) is 21.4 Å². The molecule has 0 radical (unpaired) electrons. The Labute approximate surface area is 188 Å². The molecular weight excluding hydrogens is 427 g/mol. The molecule has 3 rings (SSSR count). The van der Waals surface area contributed by atoms with Gasteiger partial charge in [-0.1, -0.05) is 54.6 Å². The van der Waals surface area contributed by atoms with Crippen molar-refractivity contribution in [2.45, 2.75) is 38.3 Å². The van der Waals surface area contributed by atoms with Crippen LogP contribution in [0.4, 0.5) is 4.39 Å². The Balaban J connectivity index is 1.86. The van der Waals surface area contributed by atoms with Gasteiger partial charge in [0.1, 0.15) is 5.82 Å². The van der Waals surface area contributed by atoms with E-state index >= 15 is 0 Å². The lowest BCUT2D eigenvalue weighted by Gasteiger charge is -2.24. The molecule has 168 valence electrons. The summed E-state index contributed by atoms with van der Waals surface area (Å²) in [6, 6.07) is 19.8. The highest BCUT2D eigenvalue weighted by Gasteiger charge is 2.29. The molecule has 0 bridgehead atoms. The summed E-state index contributed by atoms with van der Waals surface area (Å²) in [5.74, 6) is -0.799. The first kappa shape index (κ1) is 23.6. The molecular formula is C25H27FN2O3S. The van der Waals surface area contributed by atoms with Gasteiger partial charge in [-0.15, -0.1) is 0 Å². The lowest BCUT2D eigenvalue weighted by atomic mass is 10.1. The summed E-state index contributed by atoms with van der Waals surface area (Å²) in [4.78, 5) is 13.0. The Morgan fingerprint density at radius 1 is 1.00 bits per heavy atom. The third kappa shape index (κ3) is 5.81. The van der Waals surface area contributed by atoms with Gasteiger partial charge in [-0.05, 0) is 61.2 Å². The molecule has 0 aromatic heterocycles. The molecule has 1 N–H and O–H groups in total. The van der Waals surface area contributed by atoms with E-state index in [0.29, 0.717) is 5.56 Å². The minimum Gasteiger partial charge on any atom is -0.348 e. The fourth-order valence-electron chi connectivity index (χ4n) is 3.42. The van der Waals surface area contributed by atoms with Crippen molar-refractivity contribution in [3.63, 3.8) is 0 Å². The van der Waals surface area contributed by atoms with Gasteiger partial charge < -0.3 is 5.32 Å². The van der Waals surface area contributed by atoms with E-state index in [1.807, 2.05) is 43.3 Å². The van der Waals surface area contributed by atoms with Crippen molar-refractivity contribution in [3.8, 4) is 0 Å². The van der Waals surface area contributed by atoms with E-state index in [2.05, 4.69) is 5.32 Å². The summed E-state index contributed by atoms with van der Waals surface area (Å²) >= 11 is 0. The zero-order valence-corrected chi connectivity index (χ0v) is 19.2. The normalized spacial score (nSPS) is 12.5. The van der Waals surface area contributed by atoms with Crippen LogP contribution in [0.5, 0.6) is 0 Å². The second-order valence-electron chi connectivity index (χ2n) is 7.87. The van der Waals surface area contributed by atoms with Crippen LogP contribution >= 0.6 is 0 Å². The number of sulfonamides is 1. The molecule has 0 aliphatic rings.